The monoisotopic (exact) mass is 1440 g/mol. The topological polar surface area (TPSA) is 333 Å². The Balaban J connectivity index is 0.790. The Morgan fingerprint density at radius 3 is 2.33 bits per heavy atom. The summed E-state index contributed by atoms with van der Waals surface area (Å²) in [6.45, 7) is 12.4. The number of methoxy groups -OCH3 is 3. The van der Waals surface area contributed by atoms with Crippen LogP contribution in [0.2, 0.25) is 0 Å². The molecule has 3 amide bonds. The van der Waals surface area contributed by atoms with Gasteiger partial charge in [-0.15, -0.1) is 0 Å². The molecule has 1 saturated carbocycles. The lowest BCUT2D eigenvalue weighted by Crippen LogP contribution is -2.61. The number of cyclic esters (lactones) is 1. The van der Waals surface area contributed by atoms with Gasteiger partial charge in [-0.2, -0.15) is 0 Å². The molecule has 2 saturated heterocycles. The fraction of sp³-hybridized carbons (Fsp3) is 0.600. The van der Waals surface area contributed by atoms with Gasteiger partial charge in [0.1, 0.15) is 54.3 Å². The van der Waals surface area contributed by atoms with Crippen molar-refractivity contribution in [1.82, 2.24) is 15.5 Å². The van der Waals surface area contributed by atoms with Gasteiger partial charge in [0.15, 0.2) is 17.2 Å². The fourth-order valence-corrected chi connectivity index (χ4v) is 15.9. The van der Waals surface area contributed by atoms with Gasteiger partial charge in [0.05, 0.1) is 35.9 Å². The van der Waals surface area contributed by atoms with Crippen LogP contribution in [0.25, 0.3) is 0 Å². The molecule has 18 atom stereocenters. The lowest BCUT2D eigenvalue weighted by Gasteiger charge is -2.44. The zero-order valence-electron chi connectivity index (χ0n) is 61.6. The number of fused-ring (bicyclic) bond motifs is 8. The molecule has 1 aromatic carbocycles. The summed E-state index contributed by atoms with van der Waals surface area (Å²) in [6.07, 6.45) is 17.9. The van der Waals surface area contributed by atoms with E-state index in [1.165, 1.54) is 32.4 Å². The predicted octanol–water partition coefficient (Wildman–Crippen LogP) is 8.45. The molecule has 2 bridgehead atoms. The smallest absolute Gasteiger partial charge is 0.339 e. The van der Waals surface area contributed by atoms with Gasteiger partial charge in [-0.25, -0.2) is 9.59 Å². The zero-order valence-corrected chi connectivity index (χ0v) is 61.6. The van der Waals surface area contributed by atoms with Crippen LogP contribution in [0, 0.1) is 41.4 Å². The van der Waals surface area contributed by atoms with Gasteiger partial charge in [-0.3, -0.25) is 38.4 Å². The second kappa shape index (κ2) is 36.0. The van der Waals surface area contributed by atoms with Crippen molar-refractivity contribution in [3.8, 4) is 0 Å². The lowest BCUT2D eigenvalue weighted by molar-refractivity contribution is -0.265. The number of unbranched alkanes of at least 4 members (excludes halogenated alkanes) is 2. The van der Waals surface area contributed by atoms with Crippen LogP contribution in [-0.4, -0.2) is 181 Å². The summed E-state index contributed by atoms with van der Waals surface area (Å²) in [6, 6.07) is 3.52. The minimum atomic E-state index is -2.50. The van der Waals surface area contributed by atoms with Crippen LogP contribution in [0.15, 0.2) is 113 Å². The second-order valence-electron chi connectivity index (χ2n) is 29.6. The molecule has 5 unspecified atom stereocenters. The van der Waals surface area contributed by atoms with Gasteiger partial charge in [0.25, 0.3) is 17.6 Å². The molecule has 24 nitrogen and oxygen atoms in total. The van der Waals surface area contributed by atoms with Crippen molar-refractivity contribution in [3.05, 3.63) is 130 Å². The average molecular weight is 1440 g/mol. The Kier molecular flexibility index (Phi) is 27.8. The number of carbonyl (C=O) groups is 10. The molecule has 0 aromatic heterocycles. The number of rotatable bonds is 16. The van der Waals surface area contributed by atoms with Gasteiger partial charge in [0, 0.05) is 101 Å². The first-order chi connectivity index (χ1) is 49.6. The van der Waals surface area contributed by atoms with Gasteiger partial charge in [-0.05, 0) is 138 Å². The summed E-state index contributed by atoms with van der Waals surface area (Å²) in [4.78, 5) is 139. The van der Waals surface area contributed by atoms with Gasteiger partial charge >= 0.3 is 17.9 Å². The van der Waals surface area contributed by atoms with Crippen molar-refractivity contribution in [1.29, 1.82) is 0 Å². The molecular formula is C80H105N3O21. The van der Waals surface area contributed by atoms with Gasteiger partial charge < -0.3 is 68.7 Å². The number of allylic oxidation sites excluding steroid dienone is 8. The highest BCUT2D eigenvalue weighted by Crippen LogP contribution is 2.57. The number of nitrogens with one attached hydrogen (secondary N) is 2. The number of nitrogens with zero attached hydrogens (tertiary/aromatic N) is 1. The molecule has 566 valence electrons. The van der Waals surface area contributed by atoms with E-state index in [4.69, 9.17) is 37.9 Å². The SMILES string of the molecule is COC1C[C@@H]2CC[C@@H](C)[C@@](O)(O2)C(=O)C(=O)N2CCCC[C@H]2C(=O)O[C@H]([C@H](C)C[C@@H]2CC[C@@H](OC(=O)CNC(=O)CCCCCNC(=O)c3ccc4c(c3)C(=O)OC43C4=C(CC(O)C=C4)OC4=CC(=O)C=CC43)[C@H](OC)C2)CC(=O)[C@H](C)/C=C(/C)[C@@H](O)C(OC)C(=O)[C@H](C)C[C@H](C)/C=C\C=CC=C1C. The second-order valence-corrected chi connectivity index (χ2v) is 29.6. The molecule has 1 aromatic rings. The normalized spacial score (nSPS) is 33.7. The quantitative estimate of drug-likeness (QED) is 0.0340. The number of Topliss-reactive ketones (excluding diaryl/α,β-unsaturated/α-hetero) is 3. The molecule has 104 heavy (non-hydrogen) atoms. The molecule has 5 heterocycles. The van der Waals surface area contributed by atoms with Crippen molar-refractivity contribution in [2.45, 2.75) is 224 Å². The minimum Gasteiger partial charge on any atom is -0.465 e. The number of benzene rings is 1. The number of esters is 3. The standard InChI is InChI=1S/C80H105N3O21/c1-45-19-13-11-14-20-46(2)64(97-8)42-56-28-23-51(7)80(96,103-56)74(91)76(93)83-34-18-16-21-61(83)78(95)102-65(43-62(86)47(3)36-50(6)72(90)73(99-10)71(89)49(5)35-45)48(4)37-52-24-32-63(68(38-52)98-9)101-70(88)44-82-69(87)22-15-12-17-33-81-75(92)53-25-29-58-57(39-53)77(94)104-79(58)59-30-26-54(84)40-66(59)100-67-41-55(85)27-31-60(67)79/h11,13-14,19-20,25-27,29-31,36,39-40,45,47-49,51-52,55-56,59,61,63-65,68,72-73,85,90,96H,12,15-18,21-24,28,32-35,37-38,41-44H2,1-10H3,(H,81,92)(H,82,87)/b14-11?,19-13-,46-20?,50-36-/t45-,47-,48-,49-,51-,52+,55?,56+,59?,61+,63-,64?,65+,68-,72-,73?,79?,80-/m1/s1. The molecular weight excluding hydrogens is 1340 g/mol. The van der Waals surface area contributed by atoms with Crippen LogP contribution < -0.4 is 10.6 Å². The molecule has 5 N–H and O–H groups in total. The van der Waals surface area contributed by atoms with E-state index in [0.29, 0.717) is 105 Å². The molecule has 1 spiro atoms. The van der Waals surface area contributed by atoms with Crippen molar-refractivity contribution in [3.63, 3.8) is 0 Å². The summed E-state index contributed by atoms with van der Waals surface area (Å²) in [5.41, 5.74) is 1.27. The number of hydrogen-bond donors (Lipinski definition) is 5. The Hall–Kier alpha value is -7.84. The molecule has 3 aliphatic carbocycles. The highest BCUT2D eigenvalue weighted by molar-refractivity contribution is 6.39. The average Bonchev–Trinajstić information content (AvgIpc) is 1.50. The molecule has 0 radical (unpaired) electrons. The summed E-state index contributed by atoms with van der Waals surface area (Å²) in [5.74, 6) is -11.3. The third kappa shape index (κ3) is 18.9. The number of ether oxygens (including phenoxy) is 8. The number of amides is 3. The predicted molar refractivity (Wildman–Crippen MR) is 380 cm³/mol. The Morgan fingerprint density at radius 2 is 1.58 bits per heavy atom. The van der Waals surface area contributed by atoms with Crippen LogP contribution in [0.1, 0.15) is 184 Å². The van der Waals surface area contributed by atoms with Gasteiger partial charge in [0.2, 0.25) is 11.7 Å². The first kappa shape index (κ1) is 80.3. The van der Waals surface area contributed by atoms with E-state index in [0.717, 1.165) is 10.5 Å². The van der Waals surface area contributed by atoms with Crippen molar-refractivity contribution in [2.24, 2.45) is 41.4 Å². The summed E-state index contributed by atoms with van der Waals surface area (Å²) < 4.78 is 48.1. The van der Waals surface area contributed by atoms with Crippen LogP contribution in [0.5, 0.6) is 0 Å². The van der Waals surface area contributed by atoms with E-state index < -0.39 is 131 Å². The number of carbonyl (C=O) groups excluding carboxylic acids is 10. The Morgan fingerprint density at radius 1 is 0.798 bits per heavy atom. The van der Waals surface area contributed by atoms with E-state index in [9.17, 15) is 63.3 Å². The summed E-state index contributed by atoms with van der Waals surface area (Å²) >= 11 is 0. The zero-order chi connectivity index (χ0) is 75.3. The highest BCUT2D eigenvalue weighted by atomic mass is 16.6. The number of aliphatic hydroxyl groups excluding tert-OH is 2. The van der Waals surface area contributed by atoms with Crippen LogP contribution in [0.3, 0.4) is 0 Å². The van der Waals surface area contributed by atoms with Gasteiger partial charge in [-0.1, -0.05) is 102 Å². The van der Waals surface area contributed by atoms with E-state index in [1.54, 1.807) is 71.2 Å². The Bertz CT molecular complexity index is 3650. The van der Waals surface area contributed by atoms with Crippen LogP contribution in [0.4, 0.5) is 0 Å². The highest BCUT2D eigenvalue weighted by Gasteiger charge is 2.59. The minimum absolute atomic E-state index is 0.0199. The first-order valence-corrected chi connectivity index (χ1v) is 36.9. The fourth-order valence-electron chi connectivity index (χ4n) is 15.9. The first-order valence-electron chi connectivity index (χ1n) is 36.9. The van der Waals surface area contributed by atoms with Crippen molar-refractivity contribution < 1.29 is 101 Å². The largest absolute Gasteiger partial charge is 0.465 e. The maximum atomic E-state index is 14.8. The number of hydrogen-bond acceptors (Lipinski definition) is 21. The van der Waals surface area contributed by atoms with Crippen LogP contribution >= 0.6 is 0 Å². The van der Waals surface area contributed by atoms with E-state index >= 15 is 0 Å². The molecule has 24 heteroatoms. The van der Waals surface area contributed by atoms with Crippen molar-refractivity contribution >= 4 is 58.8 Å². The third-order valence-corrected chi connectivity index (χ3v) is 22.0. The van der Waals surface area contributed by atoms with Crippen molar-refractivity contribution in [2.75, 3.05) is 41.0 Å². The molecule has 3 fully saturated rings. The maximum absolute atomic E-state index is 14.8. The number of piperidine rings is 1. The molecule has 5 aliphatic heterocycles. The summed E-state index contributed by atoms with van der Waals surface area (Å²) in [5, 5.41) is 39.7. The molecule has 8 aliphatic rings. The lowest BCUT2D eigenvalue weighted by atomic mass is 9.69. The third-order valence-electron chi connectivity index (χ3n) is 22.0. The van der Waals surface area contributed by atoms with E-state index in [2.05, 4.69) is 10.6 Å². The number of ketones is 4. The maximum Gasteiger partial charge on any atom is 0.339 e. The van der Waals surface area contributed by atoms with Crippen LogP contribution in [-0.2, 0) is 81.9 Å². The Labute approximate surface area is 609 Å². The molecule has 9 rings (SSSR count). The summed E-state index contributed by atoms with van der Waals surface area (Å²) in [7, 11) is 4.42. The number of aliphatic hydroxyl groups is 3. The van der Waals surface area contributed by atoms with E-state index in [-0.39, 0.29) is 98.0 Å². The van der Waals surface area contributed by atoms with E-state index in [1.807, 2.05) is 51.2 Å².